The number of ether oxygens (including phenoxy) is 2. The number of methoxy groups -OCH3 is 1. The molecule has 0 aliphatic heterocycles. The summed E-state index contributed by atoms with van der Waals surface area (Å²) in [6, 6.07) is 7.21. The van der Waals surface area contributed by atoms with Crippen LogP contribution in [0.3, 0.4) is 0 Å². The van der Waals surface area contributed by atoms with E-state index in [1.165, 1.54) is 7.11 Å². The Hall–Kier alpha value is -1.59. The van der Waals surface area contributed by atoms with Crippen LogP contribution in [0, 0.1) is 0 Å². The number of likely N-dealkylation sites (N-methyl/N-ethyl adjacent to an activating group) is 1. The Kier molecular flexibility index (Phi) is 6.48. The molecule has 0 aliphatic rings. The number of benzene rings is 1. The number of carbonyl (C=O) groups is 1. The zero-order chi connectivity index (χ0) is 15.0. The molecular weight excluding hydrogens is 258 g/mol. The number of carbonyl (C=O) groups excluding carboxylic acids is 1. The Bertz CT molecular complexity index is 418. The third kappa shape index (κ3) is 4.51. The van der Waals surface area contributed by atoms with Gasteiger partial charge in [0.25, 0.3) is 0 Å². The first kappa shape index (κ1) is 16.5. The monoisotopic (exact) mass is 281 g/mol. The van der Waals surface area contributed by atoms with Crippen molar-refractivity contribution >= 4 is 5.97 Å². The molecule has 0 fully saturated rings. The minimum absolute atomic E-state index is 0.0150. The molecule has 5 heteroatoms. The van der Waals surface area contributed by atoms with Gasteiger partial charge < -0.3 is 19.9 Å². The highest BCUT2D eigenvalue weighted by atomic mass is 16.5. The molecule has 0 radical (unpaired) electrons. The first-order valence-electron chi connectivity index (χ1n) is 6.71. The second-order valence-electron chi connectivity index (χ2n) is 4.75. The van der Waals surface area contributed by atoms with Crippen molar-refractivity contribution in [3.05, 3.63) is 29.8 Å². The fraction of sp³-hybridized carbons (Fsp3) is 0.533. The highest BCUT2D eigenvalue weighted by Crippen LogP contribution is 2.16. The molecule has 20 heavy (non-hydrogen) atoms. The van der Waals surface area contributed by atoms with Crippen LogP contribution < -0.4 is 10.1 Å². The third-order valence-electron chi connectivity index (χ3n) is 3.18. The molecule has 1 rings (SSSR count). The van der Waals surface area contributed by atoms with Crippen LogP contribution in [0.2, 0.25) is 0 Å². The van der Waals surface area contributed by atoms with Crippen LogP contribution in [0.1, 0.15) is 25.8 Å². The maximum Gasteiger partial charge on any atom is 0.325 e. The van der Waals surface area contributed by atoms with Gasteiger partial charge in [-0.2, -0.15) is 0 Å². The molecule has 1 aromatic carbocycles. The molecule has 2 N–H and O–H groups in total. The minimum atomic E-state index is -0.742. The molecule has 1 unspecified atom stereocenters. The van der Waals surface area contributed by atoms with E-state index in [1.54, 1.807) is 31.2 Å². The van der Waals surface area contributed by atoms with Gasteiger partial charge in [-0.25, -0.2) is 0 Å². The van der Waals surface area contributed by atoms with Crippen molar-refractivity contribution in [3.8, 4) is 5.75 Å². The molecule has 0 aromatic heterocycles. The van der Waals surface area contributed by atoms with Crippen LogP contribution in [0.15, 0.2) is 24.3 Å². The molecule has 0 amide bonds. The van der Waals surface area contributed by atoms with Crippen molar-refractivity contribution in [1.29, 1.82) is 0 Å². The van der Waals surface area contributed by atoms with E-state index in [9.17, 15) is 4.79 Å². The zero-order valence-electron chi connectivity index (χ0n) is 12.3. The second kappa shape index (κ2) is 7.87. The first-order chi connectivity index (χ1) is 9.55. The van der Waals surface area contributed by atoms with Crippen LogP contribution >= 0.6 is 0 Å². The van der Waals surface area contributed by atoms with Gasteiger partial charge in [0.2, 0.25) is 0 Å². The van der Waals surface area contributed by atoms with Gasteiger partial charge in [-0.15, -0.1) is 0 Å². The number of hydrogen-bond donors (Lipinski definition) is 2. The van der Waals surface area contributed by atoms with E-state index < -0.39 is 5.54 Å². The molecule has 5 nitrogen and oxygen atoms in total. The average molecular weight is 281 g/mol. The van der Waals surface area contributed by atoms with Crippen molar-refractivity contribution in [2.75, 3.05) is 20.3 Å². The molecular formula is C15H23NO4. The number of rotatable bonds is 8. The highest BCUT2D eigenvalue weighted by molar-refractivity contribution is 5.80. The second-order valence-corrected chi connectivity index (χ2v) is 4.75. The summed E-state index contributed by atoms with van der Waals surface area (Å²) in [5.41, 5.74) is 0.0959. The van der Waals surface area contributed by atoms with Crippen molar-refractivity contribution in [1.82, 2.24) is 5.32 Å². The number of aliphatic hydroxyl groups is 1. The predicted octanol–water partition coefficient (Wildman–Crippen LogP) is 1.49. The summed E-state index contributed by atoms with van der Waals surface area (Å²) in [5.74, 6) is 0.421. The number of nitrogens with one attached hydrogen (secondary N) is 1. The highest BCUT2D eigenvalue weighted by Gasteiger charge is 2.33. The van der Waals surface area contributed by atoms with Crippen molar-refractivity contribution < 1.29 is 19.4 Å². The molecule has 112 valence electrons. The molecule has 0 saturated heterocycles. The largest absolute Gasteiger partial charge is 0.494 e. The molecule has 0 saturated carbocycles. The lowest BCUT2D eigenvalue weighted by Crippen LogP contribution is -2.51. The summed E-state index contributed by atoms with van der Waals surface area (Å²) < 4.78 is 10.4. The van der Waals surface area contributed by atoms with Gasteiger partial charge in [0.15, 0.2) is 0 Å². The first-order valence-corrected chi connectivity index (χ1v) is 6.71. The van der Waals surface area contributed by atoms with Gasteiger partial charge in [-0.05, 0) is 31.2 Å². The van der Waals surface area contributed by atoms with Crippen LogP contribution in [0.5, 0.6) is 5.75 Å². The van der Waals surface area contributed by atoms with Crippen molar-refractivity contribution in [2.45, 2.75) is 32.4 Å². The van der Waals surface area contributed by atoms with E-state index in [0.717, 1.165) is 5.56 Å². The van der Waals surface area contributed by atoms with Crippen molar-refractivity contribution in [2.24, 2.45) is 0 Å². The van der Waals surface area contributed by atoms with E-state index in [1.807, 2.05) is 6.92 Å². The average Bonchev–Trinajstić information content (AvgIpc) is 2.47. The number of aliphatic hydroxyl groups excluding tert-OH is 1. The van der Waals surface area contributed by atoms with E-state index in [0.29, 0.717) is 25.3 Å². The summed E-state index contributed by atoms with van der Waals surface area (Å²) in [4.78, 5) is 11.8. The van der Waals surface area contributed by atoms with E-state index >= 15 is 0 Å². The Morgan fingerprint density at radius 1 is 1.35 bits per heavy atom. The van der Waals surface area contributed by atoms with Gasteiger partial charge in [-0.1, -0.05) is 19.1 Å². The molecule has 0 aliphatic carbocycles. The lowest BCUT2D eigenvalue weighted by Gasteiger charge is -2.27. The normalized spacial score (nSPS) is 13.6. The van der Waals surface area contributed by atoms with Crippen molar-refractivity contribution in [3.63, 3.8) is 0 Å². The lowest BCUT2D eigenvalue weighted by atomic mass is 9.98. The quantitative estimate of drug-likeness (QED) is 0.707. The Morgan fingerprint density at radius 2 is 2.00 bits per heavy atom. The topological polar surface area (TPSA) is 67.8 Å². The van der Waals surface area contributed by atoms with Gasteiger partial charge in [0.05, 0.1) is 20.3 Å². The molecule has 1 atom stereocenters. The summed E-state index contributed by atoms with van der Waals surface area (Å²) in [5, 5.41) is 12.1. The standard InChI is InChI=1S/C15H23NO4/c1-4-16-15(2,14(18)19-3)9-10-20-13-7-5-12(11-17)6-8-13/h5-8,16-17H,4,9-11H2,1-3H3. The van der Waals surface area contributed by atoms with Crippen LogP contribution in [0.4, 0.5) is 0 Å². The lowest BCUT2D eigenvalue weighted by molar-refractivity contribution is -0.148. The maximum atomic E-state index is 11.8. The predicted molar refractivity (Wildman–Crippen MR) is 76.6 cm³/mol. The Morgan fingerprint density at radius 3 is 2.50 bits per heavy atom. The third-order valence-corrected chi connectivity index (χ3v) is 3.18. The van der Waals surface area contributed by atoms with E-state index in [4.69, 9.17) is 14.6 Å². The maximum absolute atomic E-state index is 11.8. The van der Waals surface area contributed by atoms with Crippen LogP contribution in [-0.4, -0.2) is 36.9 Å². The molecule has 1 aromatic rings. The zero-order valence-corrected chi connectivity index (χ0v) is 12.3. The SMILES string of the molecule is CCNC(C)(CCOc1ccc(CO)cc1)C(=O)OC. The summed E-state index contributed by atoms with van der Waals surface area (Å²) >= 11 is 0. The van der Waals surface area contributed by atoms with E-state index in [2.05, 4.69) is 5.32 Å². The summed E-state index contributed by atoms with van der Waals surface area (Å²) in [6.07, 6.45) is 0.509. The Labute approximate surface area is 119 Å². The number of hydrogen-bond acceptors (Lipinski definition) is 5. The van der Waals surface area contributed by atoms with Gasteiger partial charge >= 0.3 is 5.97 Å². The minimum Gasteiger partial charge on any atom is -0.494 e. The van der Waals surface area contributed by atoms with Gasteiger partial charge in [0.1, 0.15) is 11.3 Å². The smallest absolute Gasteiger partial charge is 0.325 e. The summed E-state index contributed by atoms with van der Waals surface area (Å²) in [7, 11) is 1.38. The molecule has 0 bridgehead atoms. The van der Waals surface area contributed by atoms with Crippen LogP contribution in [0.25, 0.3) is 0 Å². The van der Waals surface area contributed by atoms with Gasteiger partial charge in [-0.3, -0.25) is 4.79 Å². The molecule has 0 spiro atoms. The summed E-state index contributed by atoms with van der Waals surface area (Å²) in [6.45, 7) is 4.84. The Balaban J connectivity index is 2.53. The number of esters is 1. The fourth-order valence-electron chi connectivity index (χ4n) is 1.94. The van der Waals surface area contributed by atoms with E-state index in [-0.39, 0.29) is 12.6 Å². The fourth-order valence-corrected chi connectivity index (χ4v) is 1.94. The van der Waals surface area contributed by atoms with Gasteiger partial charge in [0, 0.05) is 6.42 Å². The molecule has 0 heterocycles. The van der Waals surface area contributed by atoms with Crippen LogP contribution in [-0.2, 0) is 16.1 Å².